The third-order valence-corrected chi connectivity index (χ3v) is 4.48. The van der Waals surface area contributed by atoms with Crippen LogP contribution in [0.2, 0.25) is 0 Å². The van der Waals surface area contributed by atoms with E-state index in [1.54, 1.807) is 17.7 Å². The fourth-order valence-electron chi connectivity index (χ4n) is 1.64. The average molecular weight is 274 g/mol. The van der Waals surface area contributed by atoms with Gasteiger partial charge in [0.15, 0.2) is 0 Å². The maximum Gasteiger partial charge on any atom is 0.138 e. The van der Waals surface area contributed by atoms with Gasteiger partial charge in [0.25, 0.3) is 0 Å². The number of halogens is 2. The third-order valence-electron chi connectivity index (χ3n) is 2.73. The molecule has 2 aromatic heterocycles. The number of hydrogen-bond donors (Lipinski definition) is 1. The summed E-state index contributed by atoms with van der Waals surface area (Å²) in [6.45, 7) is 0.759. The summed E-state index contributed by atoms with van der Waals surface area (Å²) < 4.78 is -0.534. The molecule has 0 bridgehead atoms. The molecule has 0 aliphatic heterocycles. The van der Waals surface area contributed by atoms with Gasteiger partial charge in [-0.05, 0) is 17.9 Å². The van der Waals surface area contributed by atoms with Gasteiger partial charge in [-0.25, -0.2) is 9.97 Å². The van der Waals surface area contributed by atoms with Crippen LogP contribution in [0.15, 0.2) is 17.8 Å². The van der Waals surface area contributed by atoms with Crippen LogP contribution in [0, 0.1) is 5.92 Å². The molecule has 0 unspecified atom stereocenters. The molecule has 84 valence electrons. The van der Waals surface area contributed by atoms with Crippen molar-refractivity contribution < 1.29 is 0 Å². The molecule has 0 aromatic carbocycles. The lowest BCUT2D eigenvalue weighted by Gasteiger charge is -2.05. The van der Waals surface area contributed by atoms with Crippen LogP contribution in [0.25, 0.3) is 10.2 Å². The van der Waals surface area contributed by atoms with E-state index in [-0.39, 0.29) is 0 Å². The maximum atomic E-state index is 5.97. The van der Waals surface area contributed by atoms with E-state index in [1.165, 1.54) is 0 Å². The number of alkyl halides is 2. The van der Waals surface area contributed by atoms with Gasteiger partial charge in [0.05, 0.1) is 5.39 Å². The summed E-state index contributed by atoms with van der Waals surface area (Å²) in [6.07, 6.45) is 2.42. The zero-order valence-corrected chi connectivity index (χ0v) is 10.6. The lowest BCUT2D eigenvalue weighted by Crippen LogP contribution is -2.08. The summed E-state index contributed by atoms with van der Waals surface area (Å²) in [5.41, 5.74) is 0. The topological polar surface area (TPSA) is 37.8 Å². The molecule has 0 saturated heterocycles. The first kappa shape index (κ1) is 10.6. The molecule has 1 N–H and O–H groups in total. The quantitative estimate of drug-likeness (QED) is 0.873. The molecule has 6 heteroatoms. The van der Waals surface area contributed by atoms with Gasteiger partial charge in [-0.1, -0.05) is 0 Å². The fourth-order valence-corrected chi connectivity index (χ4v) is 2.90. The van der Waals surface area contributed by atoms with Crippen LogP contribution >= 0.6 is 34.5 Å². The Morgan fingerprint density at radius 2 is 2.31 bits per heavy atom. The van der Waals surface area contributed by atoms with Crippen LogP contribution in [0.5, 0.6) is 0 Å². The van der Waals surface area contributed by atoms with Gasteiger partial charge in [0, 0.05) is 12.5 Å². The van der Waals surface area contributed by atoms with Crippen molar-refractivity contribution >= 4 is 50.6 Å². The molecule has 0 spiro atoms. The molecule has 1 aliphatic carbocycles. The molecule has 0 radical (unpaired) electrons. The number of hydrogen-bond acceptors (Lipinski definition) is 4. The highest BCUT2D eigenvalue weighted by molar-refractivity contribution is 7.16. The van der Waals surface area contributed by atoms with Gasteiger partial charge in [-0.15, -0.1) is 34.5 Å². The Morgan fingerprint density at radius 3 is 3.06 bits per heavy atom. The van der Waals surface area contributed by atoms with Crippen LogP contribution in [0.4, 0.5) is 5.82 Å². The third kappa shape index (κ3) is 1.85. The first-order valence-electron chi connectivity index (χ1n) is 4.97. The van der Waals surface area contributed by atoms with Crippen molar-refractivity contribution in [3.8, 4) is 0 Å². The molecule has 3 rings (SSSR count). The number of nitrogens with one attached hydrogen (secondary N) is 1. The van der Waals surface area contributed by atoms with E-state index in [0.717, 1.165) is 29.0 Å². The summed E-state index contributed by atoms with van der Waals surface area (Å²) in [6, 6.07) is 2.02. The number of fused-ring (bicyclic) bond motifs is 1. The van der Waals surface area contributed by atoms with Crippen molar-refractivity contribution in [1.29, 1.82) is 0 Å². The van der Waals surface area contributed by atoms with Gasteiger partial charge in [0.2, 0.25) is 0 Å². The summed E-state index contributed by atoms with van der Waals surface area (Å²) in [4.78, 5) is 9.41. The standard InChI is InChI=1S/C10H9Cl2N3S/c11-10(12)3-6(10)4-13-8-7-1-2-16-9(7)15-5-14-8/h1-2,5-6H,3-4H2,(H,13,14,15)/t6-/m0/s1. The Balaban J connectivity index is 1.77. The van der Waals surface area contributed by atoms with Gasteiger partial charge in [0.1, 0.15) is 21.3 Å². The smallest absolute Gasteiger partial charge is 0.138 e. The van der Waals surface area contributed by atoms with Crippen molar-refractivity contribution in [2.75, 3.05) is 11.9 Å². The fraction of sp³-hybridized carbons (Fsp3) is 0.400. The van der Waals surface area contributed by atoms with Crippen molar-refractivity contribution in [2.45, 2.75) is 10.8 Å². The summed E-state index contributed by atoms with van der Waals surface area (Å²) in [7, 11) is 0. The van der Waals surface area contributed by atoms with Crippen LogP contribution < -0.4 is 5.32 Å². The van der Waals surface area contributed by atoms with Crippen LogP contribution in [0.3, 0.4) is 0 Å². The van der Waals surface area contributed by atoms with Crippen LogP contribution in [0.1, 0.15) is 6.42 Å². The van der Waals surface area contributed by atoms with E-state index in [0.29, 0.717) is 5.92 Å². The number of anilines is 1. The second-order valence-electron chi connectivity index (χ2n) is 3.90. The first-order chi connectivity index (χ1) is 7.67. The van der Waals surface area contributed by atoms with Crippen molar-refractivity contribution in [3.63, 3.8) is 0 Å². The van der Waals surface area contributed by atoms with E-state index in [1.807, 2.05) is 11.4 Å². The lowest BCUT2D eigenvalue weighted by atomic mass is 10.3. The van der Waals surface area contributed by atoms with Gasteiger partial charge >= 0.3 is 0 Å². The van der Waals surface area contributed by atoms with Crippen molar-refractivity contribution in [1.82, 2.24) is 9.97 Å². The molecule has 1 aliphatic rings. The van der Waals surface area contributed by atoms with Gasteiger partial charge in [-0.3, -0.25) is 0 Å². The average Bonchev–Trinajstić information content (AvgIpc) is 2.68. The molecule has 0 amide bonds. The molecular weight excluding hydrogens is 265 g/mol. The highest BCUT2D eigenvalue weighted by Gasteiger charge is 2.51. The molecular formula is C10H9Cl2N3S. The second-order valence-corrected chi connectivity index (χ2v) is 6.34. The minimum Gasteiger partial charge on any atom is -0.369 e. The normalized spacial score (nSPS) is 22.2. The number of thiophene rings is 1. The zero-order valence-electron chi connectivity index (χ0n) is 8.28. The largest absolute Gasteiger partial charge is 0.369 e. The highest BCUT2D eigenvalue weighted by Crippen LogP contribution is 2.52. The SMILES string of the molecule is ClC1(Cl)C[C@H]1CNc1ncnc2sccc12. The van der Waals surface area contributed by atoms with E-state index < -0.39 is 4.33 Å². The summed E-state index contributed by atoms with van der Waals surface area (Å²) in [5.74, 6) is 1.18. The molecule has 1 saturated carbocycles. The van der Waals surface area contributed by atoms with E-state index >= 15 is 0 Å². The minimum atomic E-state index is -0.534. The summed E-state index contributed by atoms with van der Waals surface area (Å²) in [5, 5.41) is 6.35. The number of nitrogens with zero attached hydrogens (tertiary/aromatic N) is 2. The zero-order chi connectivity index (χ0) is 11.2. The summed E-state index contributed by atoms with van der Waals surface area (Å²) >= 11 is 13.5. The predicted octanol–water partition coefficient (Wildman–Crippen LogP) is 3.30. The molecule has 1 atom stereocenters. The van der Waals surface area contributed by atoms with E-state index in [9.17, 15) is 0 Å². The number of aromatic nitrogens is 2. The second kappa shape index (κ2) is 3.72. The molecule has 16 heavy (non-hydrogen) atoms. The Kier molecular flexibility index (Phi) is 2.46. The molecule has 1 fully saturated rings. The lowest BCUT2D eigenvalue weighted by molar-refractivity contribution is 0.870. The Labute approximate surface area is 107 Å². The Hall–Kier alpha value is -0.580. The Morgan fingerprint density at radius 1 is 1.50 bits per heavy atom. The Bertz CT molecular complexity index is 526. The number of rotatable bonds is 3. The monoisotopic (exact) mass is 273 g/mol. The molecule has 2 heterocycles. The van der Waals surface area contributed by atoms with Gasteiger partial charge in [-0.2, -0.15) is 0 Å². The van der Waals surface area contributed by atoms with Crippen molar-refractivity contribution in [2.24, 2.45) is 5.92 Å². The minimum absolute atomic E-state index is 0.319. The maximum absolute atomic E-state index is 5.97. The van der Waals surface area contributed by atoms with E-state index in [4.69, 9.17) is 23.2 Å². The first-order valence-corrected chi connectivity index (χ1v) is 6.60. The van der Waals surface area contributed by atoms with Crippen LogP contribution in [-0.2, 0) is 0 Å². The van der Waals surface area contributed by atoms with Gasteiger partial charge < -0.3 is 5.32 Å². The van der Waals surface area contributed by atoms with Crippen molar-refractivity contribution in [3.05, 3.63) is 17.8 Å². The molecule has 3 nitrogen and oxygen atoms in total. The van der Waals surface area contributed by atoms with Crippen LogP contribution in [-0.4, -0.2) is 20.8 Å². The highest BCUT2D eigenvalue weighted by atomic mass is 35.5. The predicted molar refractivity (Wildman–Crippen MR) is 68.4 cm³/mol. The molecule has 2 aromatic rings. The van der Waals surface area contributed by atoms with E-state index in [2.05, 4.69) is 15.3 Å².